The van der Waals surface area contributed by atoms with Crippen LogP contribution >= 0.6 is 0 Å². The fourth-order valence-electron chi connectivity index (χ4n) is 4.68. The number of nitrogens with one attached hydrogen (secondary N) is 1. The van der Waals surface area contributed by atoms with Crippen molar-refractivity contribution in [2.24, 2.45) is 0 Å². The standard InChI is InChI=1S/C28H28N4O3S/c1-19-8-9-21(18-25(19)27-24-7-6-13-29-26(24)12-14-30-27)31-28(33)23-11-10-22(17-20(23)2)32-15-4-3-5-16-36(32,34)35/h6-14,17-18H,3-5,15-16H2,1-2H3,(H,31,33). The molecule has 36 heavy (non-hydrogen) atoms. The first-order valence-electron chi connectivity index (χ1n) is 12.1. The van der Waals surface area contributed by atoms with Crippen molar-refractivity contribution < 1.29 is 13.2 Å². The number of aryl methyl sites for hydroxylation is 2. The van der Waals surface area contributed by atoms with Gasteiger partial charge in [-0.1, -0.05) is 12.5 Å². The number of rotatable bonds is 4. The summed E-state index contributed by atoms with van der Waals surface area (Å²) < 4.78 is 26.8. The molecule has 2 aromatic carbocycles. The highest BCUT2D eigenvalue weighted by Gasteiger charge is 2.25. The van der Waals surface area contributed by atoms with Crippen LogP contribution in [0.5, 0.6) is 0 Å². The molecule has 2 aromatic heterocycles. The Hall–Kier alpha value is -3.78. The lowest BCUT2D eigenvalue weighted by molar-refractivity contribution is 0.102. The lowest BCUT2D eigenvalue weighted by Crippen LogP contribution is -2.32. The van der Waals surface area contributed by atoms with Gasteiger partial charge in [0.05, 0.1) is 22.7 Å². The summed E-state index contributed by atoms with van der Waals surface area (Å²) in [6.45, 7) is 4.31. The second kappa shape index (κ2) is 9.70. The molecule has 8 heteroatoms. The SMILES string of the molecule is Cc1cc(N2CCCCCS2(=O)=O)ccc1C(=O)Nc1ccc(C)c(-c2nccc3ncccc23)c1. The minimum atomic E-state index is -3.34. The van der Waals surface area contributed by atoms with Gasteiger partial charge in [-0.25, -0.2) is 8.42 Å². The number of sulfonamides is 1. The number of benzene rings is 2. The van der Waals surface area contributed by atoms with Gasteiger partial charge >= 0.3 is 0 Å². The molecule has 3 heterocycles. The van der Waals surface area contributed by atoms with Gasteiger partial charge in [0.1, 0.15) is 0 Å². The molecule has 5 rings (SSSR count). The van der Waals surface area contributed by atoms with Crippen LogP contribution in [-0.2, 0) is 10.0 Å². The van der Waals surface area contributed by atoms with Gasteiger partial charge in [0.25, 0.3) is 5.91 Å². The Bertz CT molecular complexity index is 1560. The molecule has 0 spiro atoms. The maximum Gasteiger partial charge on any atom is 0.255 e. The number of carbonyl (C=O) groups is 1. The van der Waals surface area contributed by atoms with Gasteiger partial charge in [0.2, 0.25) is 10.0 Å². The Balaban J connectivity index is 1.42. The molecule has 4 aromatic rings. The quantitative estimate of drug-likeness (QED) is 0.400. The number of hydrogen-bond acceptors (Lipinski definition) is 5. The molecule has 1 N–H and O–H groups in total. The molecule has 1 saturated heterocycles. The third kappa shape index (κ3) is 4.68. The molecule has 0 radical (unpaired) electrons. The van der Waals surface area contributed by atoms with Gasteiger partial charge in [-0.05, 0) is 86.3 Å². The van der Waals surface area contributed by atoms with Crippen molar-refractivity contribution in [3.8, 4) is 11.3 Å². The molecule has 0 atom stereocenters. The summed E-state index contributed by atoms with van der Waals surface area (Å²) in [7, 11) is -3.34. The summed E-state index contributed by atoms with van der Waals surface area (Å²) in [5.41, 5.74) is 6.12. The molecule has 0 aliphatic carbocycles. The molecule has 184 valence electrons. The Kier molecular flexibility index (Phi) is 6.45. The fraction of sp³-hybridized carbons (Fsp3) is 0.250. The van der Waals surface area contributed by atoms with Crippen molar-refractivity contribution in [1.82, 2.24) is 9.97 Å². The summed E-state index contributed by atoms with van der Waals surface area (Å²) in [6, 6.07) is 16.7. The summed E-state index contributed by atoms with van der Waals surface area (Å²) in [6.07, 6.45) is 5.91. The van der Waals surface area contributed by atoms with E-state index in [2.05, 4.69) is 15.3 Å². The largest absolute Gasteiger partial charge is 0.322 e. The first-order chi connectivity index (χ1) is 17.3. The van der Waals surface area contributed by atoms with Crippen LogP contribution in [0, 0.1) is 13.8 Å². The normalized spacial score (nSPS) is 15.4. The van der Waals surface area contributed by atoms with E-state index < -0.39 is 10.0 Å². The summed E-state index contributed by atoms with van der Waals surface area (Å²) in [4.78, 5) is 22.2. The lowest BCUT2D eigenvalue weighted by Gasteiger charge is -2.23. The minimum Gasteiger partial charge on any atom is -0.322 e. The second-order valence-electron chi connectivity index (χ2n) is 9.16. The highest BCUT2D eigenvalue weighted by Crippen LogP contribution is 2.31. The number of carbonyl (C=O) groups excluding carboxylic acids is 1. The number of anilines is 2. The topological polar surface area (TPSA) is 92.3 Å². The summed E-state index contributed by atoms with van der Waals surface area (Å²) in [5, 5.41) is 3.94. The van der Waals surface area contributed by atoms with Crippen molar-refractivity contribution in [2.45, 2.75) is 33.1 Å². The number of amides is 1. The third-order valence-corrected chi connectivity index (χ3v) is 8.49. The molecule has 7 nitrogen and oxygen atoms in total. The number of nitrogens with zero attached hydrogens (tertiary/aromatic N) is 3. The third-order valence-electron chi connectivity index (χ3n) is 6.62. The first-order valence-corrected chi connectivity index (χ1v) is 13.7. The van der Waals surface area contributed by atoms with Crippen LogP contribution in [0.3, 0.4) is 0 Å². The van der Waals surface area contributed by atoms with Crippen LogP contribution in [0.2, 0.25) is 0 Å². The number of pyridine rings is 2. The predicted octanol–water partition coefficient (Wildman–Crippen LogP) is 5.49. The monoisotopic (exact) mass is 500 g/mol. The summed E-state index contributed by atoms with van der Waals surface area (Å²) in [5.74, 6) is -0.0915. The average Bonchev–Trinajstić information content (AvgIpc) is 3.04. The fourth-order valence-corrected chi connectivity index (χ4v) is 6.32. The van der Waals surface area contributed by atoms with Crippen LogP contribution < -0.4 is 9.62 Å². The van der Waals surface area contributed by atoms with E-state index in [1.807, 2.05) is 50.2 Å². The minimum absolute atomic E-state index is 0.158. The second-order valence-corrected chi connectivity index (χ2v) is 11.2. The maximum absolute atomic E-state index is 13.2. The first kappa shape index (κ1) is 23.9. The van der Waals surface area contributed by atoms with E-state index in [4.69, 9.17) is 0 Å². The van der Waals surface area contributed by atoms with Crippen molar-refractivity contribution in [3.63, 3.8) is 0 Å². The highest BCUT2D eigenvalue weighted by molar-refractivity contribution is 7.92. The zero-order valence-corrected chi connectivity index (χ0v) is 21.2. The Morgan fingerprint density at radius 1 is 0.917 bits per heavy atom. The van der Waals surface area contributed by atoms with Gasteiger partial charge in [-0.3, -0.25) is 19.1 Å². The van der Waals surface area contributed by atoms with Crippen molar-refractivity contribution >= 4 is 38.2 Å². The van der Waals surface area contributed by atoms with Crippen LogP contribution in [0.15, 0.2) is 67.0 Å². The molecule has 1 aliphatic rings. The zero-order valence-electron chi connectivity index (χ0n) is 20.4. The van der Waals surface area contributed by atoms with E-state index in [0.717, 1.165) is 46.1 Å². The van der Waals surface area contributed by atoms with Gasteiger partial charge < -0.3 is 5.32 Å². The molecule has 1 fully saturated rings. The van der Waals surface area contributed by atoms with Crippen molar-refractivity contribution in [2.75, 3.05) is 21.9 Å². The van der Waals surface area contributed by atoms with Gasteiger partial charge in [0.15, 0.2) is 0 Å². The van der Waals surface area contributed by atoms with Crippen LogP contribution in [0.1, 0.15) is 40.7 Å². The molecule has 0 unspecified atom stereocenters. The van der Waals surface area contributed by atoms with E-state index in [1.165, 1.54) is 4.31 Å². The summed E-state index contributed by atoms with van der Waals surface area (Å²) >= 11 is 0. The van der Waals surface area contributed by atoms with Gasteiger partial charge in [0, 0.05) is 41.1 Å². The van der Waals surface area contributed by atoms with Gasteiger partial charge in [-0.15, -0.1) is 0 Å². The Labute approximate surface area is 211 Å². The molecule has 0 saturated carbocycles. The Morgan fingerprint density at radius 3 is 2.61 bits per heavy atom. The molecular weight excluding hydrogens is 472 g/mol. The van der Waals surface area contributed by atoms with E-state index in [9.17, 15) is 13.2 Å². The Morgan fingerprint density at radius 2 is 1.78 bits per heavy atom. The van der Waals surface area contributed by atoms with Crippen molar-refractivity contribution in [1.29, 1.82) is 0 Å². The molecular formula is C28H28N4O3S. The lowest BCUT2D eigenvalue weighted by atomic mass is 10.0. The van der Waals surface area contributed by atoms with E-state index >= 15 is 0 Å². The number of aromatic nitrogens is 2. The molecule has 1 aliphatic heterocycles. The highest BCUT2D eigenvalue weighted by atomic mass is 32.2. The molecule has 1 amide bonds. The van der Waals surface area contributed by atoms with Crippen molar-refractivity contribution in [3.05, 3.63) is 83.7 Å². The van der Waals surface area contributed by atoms with Crippen LogP contribution in [0.4, 0.5) is 11.4 Å². The average molecular weight is 501 g/mol. The van der Waals surface area contributed by atoms with Crippen LogP contribution in [-0.4, -0.2) is 36.6 Å². The predicted molar refractivity (Wildman–Crippen MR) is 144 cm³/mol. The number of fused-ring (bicyclic) bond motifs is 1. The van der Waals surface area contributed by atoms with Crippen LogP contribution in [0.25, 0.3) is 22.2 Å². The maximum atomic E-state index is 13.2. The van der Waals surface area contributed by atoms with E-state index in [0.29, 0.717) is 29.9 Å². The van der Waals surface area contributed by atoms with E-state index in [1.54, 1.807) is 30.6 Å². The zero-order chi connectivity index (χ0) is 25.3. The van der Waals surface area contributed by atoms with E-state index in [-0.39, 0.29) is 11.7 Å². The number of hydrogen-bond donors (Lipinski definition) is 1. The van der Waals surface area contributed by atoms with Gasteiger partial charge in [-0.2, -0.15) is 0 Å². The smallest absolute Gasteiger partial charge is 0.255 e. The molecule has 0 bridgehead atoms.